The quantitative estimate of drug-likeness (QED) is 0.591. The van der Waals surface area contributed by atoms with Crippen molar-refractivity contribution in [2.45, 2.75) is 50.7 Å². The van der Waals surface area contributed by atoms with Crippen molar-refractivity contribution in [1.82, 2.24) is 20.4 Å². The zero-order chi connectivity index (χ0) is 20.0. The minimum atomic E-state index is -0.406. The van der Waals surface area contributed by atoms with Gasteiger partial charge in [-0.25, -0.2) is 4.79 Å². The predicted octanol–water partition coefficient (Wildman–Crippen LogP) is 4.40. The van der Waals surface area contributed by atoms with Gasteiger partial charge in [0, 0.05) is 30.7 Å². The number of carbonyl (C=O) groups is 1. The molecule has 0 atom stereocenters. The number of aryl methyl sites for hydroxylation is 1. The van der Waals surface area contributed by atoms with Gasteiger partial charge in [0.05, 0.1) is 28.5 Å². The van der Waals surface area contributed by atoms with Crippen LogP contribution in [0, 0.1) is 0 Å². The van der Waals surface area contributed by atoms with Crippen molar-refractivity contribution in [2.75, 3.05) is 5.32 Å². The fourth-order valence-electron chi connectivity index (χ4n) is 4.71. The number of nitrogens with one attached hydrogen (secondary N) is 3. The molecule has 1 aliphatic heterocycles. The van der Waals surface area contributed by atoms with Crippen LogP contribution >= 0.6 is 11.6 Å². The molecule has 1 aromatic carbocycles. The first kappa shape index (κ1) is 18.5. The fraction of sp³-hybridized carbons (Fsp3) is 0.429. The van der Waals surface area contributed by atoms with Gasteiger partial charge in [-0.15, -0.1) is 0 Å². The maximum Gasteiger partial charge on any atom is 0.319 e. The largest absolute Gasteiger partial charge is 0.459 e. The van der Waals surface area contributed by atoms with Gasteiger partial charge in [-0.1, -0.05) is 30.9 Å². The Morgan fingerprint density at radius 3 is 2.86 bits per heavy atom. The first-order valence-corrected chi connectivity index (χ1v) is 10.5. The molecule has 1 fully saturated rings. The molecule has 0 bridgehead atoms. The van der Waals surface area contributed by atoms with E-state index in [0.717, 1.165) is 53.7 Å². The normalized spacial score (nSPS) is 17.9. The number of hydrogen-bond acceptors (Lipinski definition) is 4. The lowest BCUT2D eigenvalue weighted by molar-refractivity contribution is 0.209. The first-order chi connectivity index (χ1) is 14.1. The minimum Gasteiger partial charge on any atom is -0.459 e. The summed E-state index contributed by atoms with van der Waals surface area (Å²) >= 11 is 6.58. The Bertz CT molecular complexity index is 1080. The van der Waals surface area contributed by atoms with Crippen LogP contribution in [0.15, 0.2) is 28.8 Å². The van der Waals surface area contributed by atoms with E-state index in [1.54, 1.807) is 6.20 Å². The molecule has 3 aromatic rings. The third-order valence-corrected chi connectivity index (χ3v) is 6.41. The van der Waals surface area contributed by atoms with Crippen LogP contribution in [0.4, 0.5) is 10.5 Å². The summed E-state index contributed by atoms with van der Waals surface area (Å²) < 4.78 is 8.15. The maximum atomic E-state index is 12.3. The highest BCUT2D eigenvalue weighted by Gasteiger charge is 2.43. The van der Waals surface area contributed by atoms with E-state index in [4.69, 9.17) is 16.0 Å². The summed E-state index contributed by atoms with van der Waals surface area (Å²) in [5.74, 6) is 0.842. The van der Waals surface area contributed by atoms with E-state index in [1.807, 2.05) is 29.9 Å². The van der Waals surface area contributed by atoms with Gasteiger partial charge in [-0.05, 0) is 31.0 Å². The van der Waals surface area contributed by atoms with E-state index in [-0.39, 0.29) is 6.03 Å². The van der Waals surface area contributed by atoms with E-state index < -0.39 is 5.54 Å². The monoisotopic (exact) mass is 413 g/mol. The number of rotatable bonds is 4. The van der Waals surface area contributed by atoms with Crippen molar-refractivity contribution in [3.63, 3.8) is 0 Å². The Kier molecular flexibility index (Phi) is 4.52. The number of anilines is 1. The Labute approximate surface area is 173 Å². The standard InChI is InChI=1S/C21H24ClN5O2/c1-27-14(5-8-24-27)11-23-12-15-9-13-10-16(22)18-17(19(13)29-15)21(26-20(28)25-18)6-3-2-4-7-21/h5,8-10,23H,2-4,6-7,11-12H2,1H3,(H2,25,26,28). The highest BCUT2D eigenvalue weighted by atomic mass is 35.5. The Morgan fingerprint density at radius 2 is 2.10 bits per heavy atom. The zero-order valence-corrected chi connectivity index (χ0v) is 17.1. The van der Waals surface area contributed by atoms with Gasteiger partial charge in [0.25, 0.3) is 0 Å². The number of benzene rings is 1. The number of halogens is 1. The minimum absolute atomic E-state index is 0.190. The van der Waals surface area contributed by atoms with Crippen LogP contribution < -0.4 is 16.0 Å². The van der Waals surface area contributed by atoms with Gasteiger partial charge in [-0.2, -0.15) is 5.10 Å². The number of hydrogen-bond donors (Lipinski definition) is 3. The molecule has 2 aromatic heterocycles. The molecule has 0 radical (unpaired) electrons. The van der Waals surface area contributed by atoms with Crippen LogP contribution in [-0.4, -0.2) is 15.8 Å². The summed E-state index contributed by atoms with van der Waals surface area (Å²) in [6.07, 6.45) is 6.93. The molecule has 0 saturated heterocycles. The average molecular weight is 414 g/mol. The lowest BCUT2D eigenvalue weighted by Gasteiger charge is -2.42. The van der Waals surface area contributed by atoms with Crippen molar-refractivity contribution in [2.24, 2.45) is 7.05 Å². The summed E-state index contributed by atoms with van der Waals surface area (Å²) in [5, 5.41) is 15.2. The van der Waals surface area contributed by atoms with Crippen LogP contribution in [0.5, 0.6) is 0 Å². The molecule has 8 heteroatoms. The number of furan rings is 1. The van der Waals surface area contributed by atoms with Crippen LogP contribution in [0.25, 0.3) is 11.0 Å². The summed E-state index contributed by atoms with van der Waals surface area (Å²) in [4.78, 5) is 12.3. The summed E-state index contributed by atoms with van der Waals surface area (Å²) in [6.45, 7) is 1.30. The van der Waals surface area contributed by atoms with Crippen molar-refractivity contribution in [3.8, 4) is 0 Å². The topological polar surface area (TPSA) is 84.1 Å². The summed E-state index contributed by atoms with van der Waals surface area (Å²) in [5.41, 5.74) is 3.20. The molecular formula is C21H24ClN5O2. The molecule has 1 spiro atoms. The smallest absolute Gasteiger partial charge is 0.319 e. The van der Waals surface area contributed by atoms with Gasteiger partial charge < -0.3 is 20.4 Å². The van der Waals surface area contributed by atoms with Gasteiger partial charge in [0.15, 0.2) is 0 Å². The highest BCUT2D eigenvalue weighted by Crippen LogP contribution is 2.48. The van der Waals surface area contributed by atoms with Gasteiger partial charge in [0.1, 0.15) is 11.3 Å². The third-order valence-electron chi connectivity index (χ3n) is 6.11. The summed E-state index contributed by atoms with van der Waals surface area (Å²) in [6, 6.07) is 5.71. The number of nitrogens with zero attached hydrogens (tertiary/aromatic N) is 2. The number of amides is 2. The van der Waals surface area contributed by atoms with E-state index in [2.05, 4.69) is 21.0 Å². The lowest BCUT2D eigenvalue weighted by atomic mass is 9.74. The third kappa shape index (κ3) is 3.18. The number of carbonyl (C=O) groups excluding carboxylic acids is 1. The number of urea groups is 1. The second-order valence-corrected chi connectivity index (χ2v) is 8.42. The molecule has 3 heterocycles. The van der Waals surface area contributed by atoms with E-state index in [0.29, 0.717) is 23.8 Å². The van der Waals surface area contributed by atoms with Gasteiger partial charge >= 0.3 is 6.03 Å². The molecule has 0 unspecified atom stereocenters. The fourth-order valence-corrected chi connectivity index (χ4v) is 4.97. The molecule has 152 valence electrons. The molecule has 1 aliphatic carbocycles. The first-order valence-electron chi connectivity index (χ1n) is 10.1. The SMILES string of the molecule is Cn1nccc1CNCc1cc2cc(Cl)c3c(c2o1)C1(CCCCC1)NC(=O)N3. The molecule has 5 rings (SSSR count). The predicted molar refractivity (Wildman–Crippen MR) is 112 cm³/mol. The highest BCUT2D eigenvalue weighted by molar-refractivity contribution is 6.35. The van der Waals surface area contributed by atoms with Crippen molar-refractivity contribution in [1.29, 1.82) is 0 Å². The van der Waals surface area contributed by atoms with E-state index >= 15 is 0 Å². The van der Waals surface area contributed by atoms with Gasteiger partial charge in [0.2, 0.25) is 0 Å². The van der Waals surface area contributed by atoms with Crippen LogP contribution in [0.1, 0.15) is 49.1 Å². The Balaban J connectivity index is 1.50. The van der Waals surface area contributed by atoms with Crippen LogP contribution in [0.3, 0.4) is 0 Å². The van der Waals surface area contributed by atoms with Crippen LogP contribution in [0.2, 0.25) is 5.02 Å². The van der Waals surface area contributed by atoms with Gasteiger partial charge in [-0.3, -0.25) is 4.68 Å². The molecule has 1 saturated carbocycles. The van der Waals surface area contributed by atoms with Crippen molar-refractivity contribution >= 4 is 34.3 Å². The molecule has 7 nitrogen and oxygen atoms in total. The molecule has 29 heavy (non-hydrogen) atoms. The number of aromatic nitrogens is 2. The average Bonchev–Trinajstić information content (AvgIpc) is 3.28. The Hall–Kier alpha value is -2.51. The lowest BCUT2D eigenvalue weighted by Crippen LogP contribution is -2.52. The Morgan fingerprint density at radius 1 is 1.28 bits per heavy atom. The second kappa shape index (κ2) is 7.07. The second-order valence-electron chi connectivity index (χ2n) is 8.01. The van der Waals surface area contributed by atoms with Crippen molar-refractivity contribution < 1.29 is 9.21 Å². The molecular weight excluding hydrogens is 390 g/mol. The molecule has 2 aliphatic rings. The zero-order valence-electron chi connectivity index (χ0n) is 16.3. The molecule has 3 N–H and O–H groups in total. The van der Waals surface area contributed by atoms with E-state index in [9.17, 15) is 4.79 Å². The summed E-state index contributed by atoms with van der Waals surface area (Å²) in [7, 11) is 1.93. The van der Waals surface area contributed by atoms with Crippen molar-refractivity contribution in [3.05, 3.63) is 46.4 Å². The van der Waals surface area contributed by atoms with E-state index in [1.165, 1.54) is 6.42 Å². The maximum absolute atomic E-state index is 12.3. The number of fused-ring (bicyclic) bond motifs is 4. The molecule has 2 amide bonds. The van der Waals surface area contributed by atoms with Crippen LogP contribution in [-0.2, 0) is 25.7 Å².